The van der Waals surface area contributed by atoms with Crippen molar-refractivity contribution in [2.24, 2.45) is 22.7 Å². The summed E-state index contributed by atoms with van der Waals surface area (Å²) in [7, 11) is 3.02. The number of fused-ring (bicyclic) bond motifs is 2. The fourth-order valence-corrected chi connectivity index (χ4v) is 13.5. The van der Waals surface area contributed by atoms with Gasteiger partial charge < -0.3 is 103 Å². The number of anilines is 2. The minimum Gasteiger partial charge on any atom is -0.493 e. The van der Waals surface area contributed by atoms with Gasteiger partial charge in [-0.3, -0.25) is 38.6 Å². The molecule has 31 heteroatoms. The van der Waals surface area contributed by atoms with E-state index in [1.165, 1.54) is 76.0 Å². The van der Waals surface area contributed by atoms with Crippen molar-refractivity contribution in [3.8, 4) is 23.0 Å². The van der Waals surface area contributed by atoms with Crippen LogP contribution in [0.4, 0.5) is 21.9 Å². The van der Waals surface area contributed by atoms with Crippen LogP contribution in [0.25, 0.3) is 0 Å². The maximum absolute atomic E-state index is 14.3. The predicted octanol–water partition coefficient (Wildman–Crippen LogP) is 9.19. The fraction of sp³-hybridized carbons (Fsp3) is 0.631. The molecule has 0 bridgehead atoms. The zero-order chi connectivity index (χ0) is 82.7. The highest BCUT2D eigenvalue weighted by molar-refractivity contribution is 6.06. The molecule has 1 saturated carbocycles. The van der Waals surface area contributed by atoms with Crippen molar-refractivity contribution in [2.75, 3.05) is 156 Å². The van der Waals surface area contributed by atoms with Gasteiger partial charge in [-0.2, -0.15) is 0 Å². The van der Waals surface area contributed by atoms with E-state index in [4.69, 9.17) is 66.6 Å². The lowest BCUT2D eigenvalue weighted by molar-refractivity contribution is -0.132. The summed E-state index contributed by atoms with van der Waals surface area (Å²) in [6, 6.07) is 10.3. The van der Waals surface area contributed by atoms with E-state index in [9.17, 15) is 43.5 Å². The van der Waals surface area contributed by atoms with E-state index >= 15 is 0 Å². The molecule has 115 heavy (non-hydrogen) atoms. The van der Waals surface area contributed by atoms with Crippen LogP contribution in [0.15, 0.2) is 77.1 Å². The molecule has 3 aromatic carbocycles. The summed E-state index contributed by atoms with van der Waals surface area (Å²) in [5.41, 5.74) is 4.58. The Kier molecular flexibility index (Phi) is 42.2. The van der Waals surface area contributed by atoms with Gasteiger partial charge in [0, 0.05) is 68.8 Å². The van der Waals surface area contributed by atoms with Crippen molar-refractivity contribution in [1.29, 1.82) is 0 Å². The third kappa shape index (κ3) is 32.7. The van der Waals surface area contributed by atoms with E-state index in [0.29, 0.717) is 184 Å². The average molecular weight is 1610 g/mol. The second-order valence-corrected chi connectivity index (χ2v) is 29.5. The molecule has 6 atom stereocenters. The van der Waals surface area contributed by atoms with Crippen LogP contribution in [0, 0.1) is 24.7 Å². The van der Waals surface area contributed by atoms with Gasteiger partial charge in [-0.1, -0.05) is 89.0 Å². The van der Waals surface area contributed by atoms with Crippen LogP contribution in [0.5, 0.6) is 23.0 Å². The SMILES string of the molecule is COc1cc(C)c(N=CC2CC(C)=CN2C=O)cc1OCCCCCOc1cc2c(cc1OC)C(=O)N1C=C(C)C[C@@H]1C(O)N2C(=O)OCc1ccc(NC(=O)C(C)NC(=O)[C@@H](NC(=O)CCOCCOCCOCCOCCOCCOCCOCCOCCNC(=O)CCNC(=O)CC(C)C2CCCCCCC2)C(C)C)cc1. The molecule has 638 valence electrons. The molecule has 3 aliphatic heterocycles. The Labute approximate surface area is 677 Å². The van der Waals surface area contributed by atoms with Gasteiger partial charge in [0.05, 0.1) is 162 Å². The molecule has 3 aromatic rings. The van der Waals surface area contributed by atoms with Crippen LogP contribution in [0.3, 0.4) is 0 Å². The van der Waals surface area contributed by atoms with Gasteiger partial charge in [-0.05, 0) is 113 Å². The number of aliphatic hydroxyl groups is 1. The highest BCUT2D eigenvalue weighted by Crippen LogP contribution is 2.43. The normalized spacial score (nSPS) is 17.1. The van der Waals surface area contributed by atoms with Crippen molar-refractivity contribution in [3.63, 3.8) is 0 Å². The molecule has 8 amide bonds. The first kappa shape index (κ1) is 93.4. The number of aryl methyl sites for hydroxylation is 1. The molecule has 1 aliphatic carbocycles. The number of hydrogen-bond donors (Lipinski definition) is 6. The van der Waals surface area contributed by atoms with E-state index in [1.807, 2.05) is 39.1 Å². The minimum atomic E-state index is -1.52. The summed E-state index contributed by atoms with van der Waals surface area (Å²) in [6.07, 6.45) is 16.2. The number of carbonyl (C=O) groups is 8. The molecular formula is C84H125N9O22. The molecule has 0 spiro atoms. The fourth-order valence-electron chi connectivity index (χ4n) is 13.5. The van der Waals surface area contributed by atoms with Crippen LogP contribution in [0.2, 0.25) is 0 Å². The maximum atomic E-state index is 14.3. The topological polar surface area (TPSA) is 359 Å². The molecule has 6 N–H and O–H groups in total. The number of aliphatic imine (C=N–C) groups is 1. The Bertz CT molecular complexity index is 3610. The zero-order valence-electron chi connectivity index (χ0n) is 68.8. The summed E-state index contributed by atoms with van der Waals surface area (Å²) in [5, 5.41) is 25.9. The molecule has 0 saturated heterocycles. The molecule has 1 fully saturated rings. The van der Waals surface area contributed by atoms with E-state index in [2.05, 4.69) is 33.5 Å². The number of nitrogens with one attached hydrogen (secondary N) is 5. The zero-order valence-corrected chi connectivity index (χ0v) is 68.8. The summed E-state index contributed by atoms with van der Waals surface area (Å²) >= 11 is 0. The minimum absolute atomic E-state index is 0.00916. The van der Waals surface area contributed by atoms with Crippen LogP contribution < -0.4 is 50.4 Å². The van der Waals surface area contributed by atoms with Crippen molar-refractivity contribution in [2.45, 2.75) is 182 Å². The second-order valence-electron chi connectivity index (χ2n) is 29.5. The van der Waals surface area contributed by atoms with Crippen LogP contribution in [0.1, 0.15) is 159 Å². The van der Waals surface area contributed by atoms with Gasteiger partial charge in [-0.25, -0.2) is 9.69 Å². The number of methoxy groups -OCH3 is 2. The number of nitrogens with zero attached hydrogens (tertiary/aromatic N) is 4. The Morgan fingerprint density at radius 1 is 0.583 bits per heavy atom. The first-order valence-corrected chi connectivity index (χ1v) is 40.6. The number of rotatable bonds is 54. The predicted molar refractivity (Wildman–Crippen MR) is 432 cm³/mol. The number of carbonyl (C=O) groups excluding carboxylic acids is 8. The Morgan fingerprint density at radius 3 is 1.71 bits per heavy atom. The van der Waals surface area contributed by atoms with Gasteiger partial charge in [0.1, 0.15) is 18.7 Å². The van der Waals surface area contributed by atoms with Crippen molar-refractivity contribution in [3.05, 3.63) is 88.8 Å². The number of benzene rings is 3. The molecular weight excluding hydrogens is 1490 g/mol. The lowest BCUT2D eigenvalue weighted by Crippen LogP contribution is -2.53. The number of hydrogen-bond acceptors (Lipinski definition) is 23. The van der Waals surface area contributed by atoms with E-state index in [0.717, 1.165) is 28.0 Å². The maximum Gasteiger partial charge on any atom is 0.416 e. The summed E-state index contributed by atoms with van der Waals surface area (Å²) in [6.45, 7) is 19.9. The summed E-state index contributed by atoms with van der Waals surface area (Å²) in [4.78, 5) is 113. The van der Waals surface area contributed by atoms with Gasteiger partial charge in [0.2, 0.25) is 35.9 Å². The molecule has 0 aromatic heterocycles. The van der Waals surface area contributed by atoms with Crippen LogP contribution >= 0.6 is 0 Å². The summed E-state index contributed by atoms with van der Waals surface area (Å²) < 4.78 is 74.0. The first-order chi connectivity index (χ1) is 55.7. The molecule has 31 nitrogen and oxygen atoms in total. The largest absolute Gasteiger partial charge is 0.493 e. The third-order valence-corrected chi connectivity index (χ3v) is 20.0. The third-order valence-electron chi connectivity index (χ3n) is 20.0. The monoisotopic (exact) mass is 1610 g/mol. The van der Waals surface area contributed by atoms with E-state index in [1.54, 1.807) is 62.5 Å². The summed E-state index contributed by atoms with van der Waals surface area (Å²) in [5.74, 6) is 0.224. The van der Waals surface area contributed by atoms with E-state index in [-0.39, 0.29) is 92.4 Å². The molecule has 4 aliphatic rings. The van der Waals surface area contributed by atoms with Gasteiger partial charge in [0.15, 0.2) is 29.2 Å². The van der Waals surface area contributed by atoms with Gasteiger partial charge in [0.25, 0.3) is 5.91 Å². The number of ether oxygens (including phenoxy) is 13. The van der Waals surface area contributed by atoms with E-state index < -0.39 is 54.1 Å². The Morgan fingerprint density at radius 2 is 1.13 bits per heavy atom. The van der Waals surface area contributed by atoms with Gasteiger partial charge >= 0.3 is 6.09 Å². The molecule has 0 radical (unpaired) electrons. The first-order valence-electron chi connectivity index (χ1n) is 40.6. The van der Waals surface area contributed by atoms with Gasteiger partial charge in [-0.15, -0.1) is 0 Å². The highest BCUT2D eigenvalue weighted by Gasteiger charge is 2.45. The Balaban J connectivity index is 0.689. The molecule has 3 heterocycles. The Hall–Kier alpha value is -8.79. The lowest BCUT2D eigenvalue weighted by Gasteiger charge is -2.31. The average Bonchev–Trinajstić information content (AvgIpc) is 1.39. The number of amides is 8. The van der Waals surface area contributed by atoms with Crippen molar-refractivity contribution < 1.29 is 105 Å². The van der Waals surface area contributed by atoms with Crippen molar-refractivity contribution >= 4 is 71.2 Å². The van der Waals surface area contributed by atoms with Crippen LogP contribution in [-0.4, -0.2) is 246 Å². The standard InChI is InChI=1S/C84H125N9O22/c1-58(2)79(90-77(96)25-30-105-32-34-107-36-38-109-40-42-111-44-45-112-43-41-110-39-37-108-35-33-106-31-27-86-76(95)24-26-85-78(97)49-61(5)65-18-14-11-10-12-15-19-65)81(99)88-63(7)80(98)89-66-22-20-64(21-23-66)56-115-84(102)93-70-52-75(73(104-9)50-68(70)82(100)92-55-60(4)47-71(92)83(93)101)114-29-17-13-16-28-113-74-51-69(62(6)48-72(74)103-8)87-53-67-46-59(3)54-91(67)57-94/h20-23,48,50-55,57-58,61,63,65,67,71,79,83,101H,10-19,24-47,49,56H2,1-9H3,(H,85,97)(H,86,95)(H,88,99)(H,89,98)(H,90,96)/t61?,63?,67?,71-,79+,83?/m1/s1. The quantitative estimate of drug-likeness (QED) is 0.0174. The molecule has 7 rings (SSSR count). The molecule has 4 unspecified atom stereocenters. The van der Waals surface area contributed by atoms with Crippen LogP contribution in [-0.2, 0) is 78.0 Å². The number of unbranched alkanes of at least 4 members (excludes halogenated alkanes) is 2. The smallest absolute Gasteiger partial charge is 0.416 e. The highest BCUT2D eigenvalue weighted by atomic mass is 16.6. The number of aliphatic hydroxyl groups excluding tert-OH is 1. The van der Waals surface area contributed by atoms with Crippen molar-refractivity contribution in [1.82, 2.24) is 31.1 Å². The lowest BCUT2D eigenvalue weighted by atomic mass is 9.81. The second kappa shape index (κ2) is 52.0.